The minimum atomic E-state index is -4.45. The highest BCUT2D eigenvalue weighted by Gasteiger charge is 2.34. The van der Waals surface area contributed by atoms with Crippen LogP contribution in [0.15, 0.2) is 18.2 Å². The van der Waals surface area contributed by atoms with Crippen molar-refractivity contribution < 1.29 is 17.6 Å². The van der Waals surface area contributed by atoms with Crippen molar-refractivity contribution in [3.63, 3.8) is 0 Å². The zero-order valence-electron chi connectivity index (χ0n) is 9.74. The Bertz CT molecular complexity index is 373. The monoisotopic (exact) mass is 249 g/mol. The summed E-state index contributed by atoms with van der Waals surface area (Å²) in [5.74, 6) is -0.654. The summed E-state index contributed by atoms with van der Waals surface area (Å²) < 4.78 is 51.2. The van der Waals surface area contributed by atoms with Gasteiger partial charge in [0.15, 0.2) is 0 Å². The van der Waals surface area contributed by atoms with E-state index in [0.717, 1.165) is 24.6 Å². The van der Waals surface area contributed by atoms with E-state index in [1.165, 1.54) is 0 Å². The first-order valence-corrected chi connectivity index (χ1v) is 5.46. The van der Waals surface area contributed by atoms with Gasteiger partial charge in [-0.1, -0.05) is 6.92 Å². The van der Waals surface area contributed by atoms with Crippen LogP contribution in [0, 0.1) is 5.82 Å². The lowest BCUT2D eigenvalue weighted by atomic mass is 10.0. The summed E-state index contributed by atoms with van der Waals surface area (Å²) in [7, 11) is 0. The largest absolute Gasteiger partial charge is 0.416 e. The Morgan fingerprint density at radius 3 is 2.47 bits per heavy atom. The molecule has 1 nitrogen and oxygen atoms in total. The van der Waals surface area contributed by atoms with Gasteiger partial charge in [-0.25, -0.2) is 4.39 Å². The first kappa shape index (κ1) is 14.0. The summed E-state index contributed by atoms with van der Waals surface area (Å²) in [6.07, 6.45) is -3.65. The summed E-state index contributed by atoms with van der Waals surface area (Å²) >= 11 is 0. The molecule has 1 rings (SSSR count). The van der Waals surface area contributed by atoms with Crippen molar-refractivity contribution in [3.05, 3.63) is 35.1 Å². The van der Waals surface area contributed by atoms with Crippen LogP contribution < -0.4 is 5.32 Å². The van der Waals surface area contributed by atoms with Gasteiger partial charge in [0.2, 0.25) is 0 Å². The van der Waals surface area contributed by atoms with E-state index in [9.17, 15) is 17.6 Å². The topological polar surface area (TPSA) is 12.0 Å². The van der Waals surface area contributed by atoms with E-state index in [1.807, 2.05) is 6.92 Å². The van der Waals surface area contributed by atoms with Crippen molar-refractivity contribution >= 4 is 0 Å². The van der Waals surface area contributed by atoms with Crippen LogP contribution in [0.1, 0.15) is 37.4 Å². The summed E-state index contributed by atoms with van der Waals surface area (Å²) in [5, 5.41) is 2.92. The van der Waals surface area contributed by atoms with Gasteiger partial charge in [-0.15, -0.1) is 0 Å². The first-order chi connectivity index (χ1) is 7.86. The van der Waals surface area contributed by atoms with Crippen LogP contribution in [0.3, 0.4) is 0 Å². The molecule has 0 aliphatic rings. The molecular formula is C12H15F4N. The Morgan fingerprint density at radius 2 is 1.94 bits per heavy atom. The SMILES string of the molecule is CCCNC(C)c1cc(F)ccc1C(F)(F)F. The van der Waals surface area contributed by atoms with Crippen LogP contribution in [-0.4, -0.2) is 6.54 Å². The van der Waals surface area contributed by atoms with Crippen LogP contribution in [0.5, 0.6) is 0 Å². The van der Waals surface area contributed by atoms with Gasteiger partial charge in [0.05, 0.1) is 5.56 Å². The van der Waals surface area contributed by atoms with E-state index in [-0.39, 0.29) is 5.56 Å². The third kappa shape index (κ3) is 3.70. The molecule has 0 spiro atoms. The summed E-state index contributed by atoms with van der Waals surface area (Å²) in [4.78, 5) is 0. The molecule has 96 valence electrons. The summed E-state index contributed by atoms with van der Waals surface area (Å²) in [6.45, 7) is 4.10. The van der Waals surface area contributed by atoms with Crippen LogP contribution in [0.25, 0.3) is 0 Å². The maximum atomic E-state index is 13.0. The lowest BCUT2D eigenvalue weighted by Crippen LogP contribution is -2.22. The normalized spacial score (nSPS) is 13.8. The molecule has 0 bridgehead atoms. The van der Waals surface area contributed by atoms with Crippen LogP contribution in [-0.2, 0) is 6.18 Å². The molecule has 0 saturated carbocycles. The molecule has 1 unspecified atom stereocenters. The number of hydrogen-bond donors (Lipinski definition) is 1. The number of halogens is 4. The zero-order chi connectivity index (χ0) is 13.1. The Labute approximate surface area is 97.8 Å². The van der Waals surface area contributed by atoms with Crippen molar-refractivity contribution in [1.29, 1.82) is 0 Å². The number of benzene rings is 1. The lowest BCUT2D eigenvalue weighted by molar-refractivity contribution is -0.138. The van der Waals surface area contributed by atoms with Crippen molar-refractivity contribution in [2.75, 3.05) is 6.54 Å². The highest BCUT2D eigenvalue weighted by molar-refractivity contribution is 5.32. The van der Waals surface area contributed by atoms with Gasteiger partial charge >= 0.3 is 6.18 Å². The highest BCUT2D eigenvalue weighted by Crippen LogP contribution is 2.34. The van der Waals surface area contributed by atoms with Crippen molar-refractivity contribution in [1.82, 2.24) is 5.32 Å². The Kier molecular flexibility index (Phi) is 4.51. The van der Waals surface area contributed by atoms with Gasteiger partial charge < -0.3 is 5.32 Å². The van der Waals surface area contributed by atoms with E-state index in [2.05, 4.69) is 5.32 Å². The average molecular weight is 249 g/mol. The number of nitrogens with one attached hydrogen (secondary N) is 1. The molecule has 0 saturated heterocycles. The Morgan fingerprint density at radius 1 is 1.29 bits per heavy atom. The second kappa shape index (κ2) is 5.49. The van der Waals surface area contributed by atoms with Crippen molar-refractivity contribution in [2.45, 2.75) is 32.5 Å². The predicted octanol–water partition coefficient (Wildman–Crippen LogP) is 3.91. The molecule has 17 heavy (non-hydrogen) atoms. The molecule has 0 amide bonds. The zero-order valence-corrected chi connectivity index (χ0v) is 9.74. The van der Waals surface area contributed by atoms with Gasteiger partial charge in [-0.2, -0.15) is 13.2 Å². The van der Waals surface area contributed by atoms with Gasteiger partial charge in [0.25, 0.3) is 0 Å². The summed E-state index contributed by atoms with van der Waals surface area (Å²) in [6, 6.07) is 2.03. The second-order valence-corrected chi connectivity index (χ2v) is 3.91. The lowest BCUT2D eigenvalue weighted by Gasteiger charge is -2.19. The predicted molar refractivity (Wildman–Crippen MR) is 58.1 cm³/mol. The number of alkyl halides is 3. The maximum Gasteiger partial charge on any atom is 0.416 e. The van der Waals surface area contributed by atoms with Crippen molar-refractivity contribution in [3.8, 4) is 0 Å². The van der Waals surface area contributed by atoms with Gasteiger partial charge in [-0.05, 0) is 43.7 Å². The molecule has 1 aromatic rings. The minimum absolute atomic E-state index is 0.0500. The van der Waals surface area contributed by atoms with E-state index in [4.69, 9.17) is 0 Å². The van der Waals surface area contributed by atoms with Gasteiger partial charge in [0.1, 0.15) is 5.82 Å². The van der Waals surface area contributed by atoms with Gasteiger partial charge in [0, 0.05) is 6.04 Å². The fraction of sp³-hybridized carbons (Fsp3) is 0.500. The molecule has 0 radical (unpaired) electrons. The fourth-order valence-electron chi connectivity index (χ4n) is 1.62. The van der Waals surface area contributed by atoms with Gasteiger partial charge in [-0.3, -0.25) is 0 Å². The van der Waals surface area contributed by atoms with Crippen LogP contribution >= 0.6 is 0 Å². The molecule has 0 fully saturated rings. The van der Waals surface area contributed by atoms with Crippen LogP contribution in [0.2, 0.25) is 0 Å². The molecule has 0 aromatic heterocycles. The summed E-state index contributed by atoms with van der Waals surface area (Å²) in [5.41, 5.74) is -0.832. The van der Waals surface area contributed by atoms with E-state index in [1.54, 1.807) is 6.92 Å². The third-order valence-corrected chi connectivity index (χ3v) is 2.49. The molecule has 1 aromatic carbocycles. The molecule has 0 aliphatic carbocycles. The standard InChI is InChI=1S/C12H15F4N/c1-3-6-17-8(2)10-7-9(13)4-5-11(10)12(14,15)16/h4-5,7-8,17H,3,6H2,1-2H3. The third-order valence-electron chi connectivity index (χ3n) is 2.49. The Balaban J connectivity index is 3.07. The molecule has 1 atom stereocenters. The molecular weight excluding hydrogens is 234 g/mol. The van der Waals surface area contributed by atoms with E-state index in [0.29, 0.717) is 6.54 Å². The minimum Gasteiger partial charge on any atom is -0.310 e. The maximum absolute atomic E-state index is 13.0. The second-order valence-electron chi connectivity index (χ2n) is 3.91. The molecule has 5 heteroatoms. The quantitative estimate of drug-likeness (QED) is 0.798. The van der Waals surface area contributed by atoms with Crippen LogP contribution in [0.4, 0.5) is 17.6 Å². The molecule has 0 heterocycles. The van der Waals surface area contributed by atoms with E-state index >= 15 is 0 Å². The first-order valence-electron chi connectivity index (χ1n) is 5.46. The number of rotatable bonds is 4. The smallest absolute Gasteiger partial charge is 0.310 e. The molecule has 0 aliphatic heterocycles. The van der Waals surface area contributed by atoms with Crippen molar-refractivity contribution in [2.24, 2.45) is 0 Å². The highest BCUT2D eigenvalue weighted by atomic mass is 19.4. The number of hydrogen-bond acceptors (Lipinski definition) is 1. The average Bonchev–Trinajstić information content (AvgIpc) is 2.24. The van der Waals surface area contributed by atoms with E-state index < -0.39 is 23.6 Å². The molecule has 1 N–H and O–H groups in total. The Hall–Kier alpha value is -1.10. The fourth-order valence-corrected chi connectivity index (χ4v) is 1.62.